The maximum atomic E-state index is 12.2. The zero-order chi connectivity index (χ0) is 14.8. The molecule has 1 amide bonds. The van der Waals surface area contributed by atoms with Crippen LogP contribution in [0.2, 0.25) is 0 Å². The van der Waals surface area contributed by atoms with Gasteiger partial charge < -0.3 is 4.90 Å². The standard InChI is InChI=1S/C16H16N2O2S/c1-17(20-2)16(19)11-18-12-7-3-5-9-14(12)21-15-10-6-4-8-13(15)18/h3-10H,11H2,1-2H3. The van der Waals surface area contributed by atoms with Gasteiger partial charge in [-0.05, 0) is 24.3 Å². The highest BCUT2D eigenvalue weighted by Crippen LogP contribution is 2.47. The molecule has 5 heteroatoms. The minimum Gasteiger partial charge on any atom is -0.330 e. The molecule has 21 heavy (non-hydrogen) atoms. The lowest BCUT2D eigenvalue weighted by Gasteiger charge is -2.32. The summed E-state index contributed by atoms with van der Waals surface area (Å²) in [5.74, 6) is -0.0889. The zero-order valence-electron chi connectivity index (χ0n) is 11.9. The molecule has 1 aliphatic rings. The molecule has 0 spiro atoms. The first-order valence-corrected chi connectivity index (χ1v) is 7.46. The minimum absolute atomic E-state index is 0.0889. The minimum atomic E-state index is -0.0889. The Morgan fingerprint density at radius 3 is 2.14 bits per heavy atom. The first-order valence-electron chi connectivity index (χ1n) is 6.65. The molecule has 0 unspecified atom stereocenters. The number of benzene rings is 2. The van der Waals surface area contributed by atoms with E-state index in [2.05, 4.69) is 12.1 Å². The summed E-state index contributed by atoms with van der Waals surface area (Å²) in [5, 5.41) is 1.26. The number of likely N-dealkylation sites (N-methyl/N-ethyl adjacent to an activating group) is 1. The number of hydrogen-bond donors (Lipinski definition) is 0. The van der Waals surface area contributed by atoms with Crippen LogP contribution in [0.25, 0.3) is 0 Å². The number of carbonyl (C=O) groups excluding carboxylic acids is 1. The summed E-state index contributed by atoms with van der Waals surface area (Å²) in [7, 11) is 3.12. The molecule has 3 rings (SSSR count). The van der Waals surface area contributed by atoms with Crippen LogP contribution in [0.3, 0.4) is 0 Å². The predicted molar refractivity (Wildman–Crippen MR) is 83.8 cm³/mol. The van der Waals surface area contributed by atoms with Crippen LogP contribution < -0.4 is 4.90 Å². The average Bonchev–Trinajstić information content (AvgIpc) is 2.53. The van der Waals surface area contributed by atoms with Gasteiger partial charge in [0, 0.05) is 16.8 Å². The van der Waals surface area contributed by atoms with Crippen molar-refractivity contribution in [3.8, 4) is 0 Å². The third-order valence-corrected chi connectivity index (χ3v) is 4.58. The highest BCUT2D eigenvalue weighted by Gasteiger charge is 2.25. The van der Waals surface area contributed by atoms with E-state index < -0.39 is 0 Å². The van der Waals surface area contributed by atoms with Gasteiger partial charge in [-0.25, -0.2) is 5.06 Å². The van der Waals surface area contributed by atoms with Crippen LogP contribution in [-0.2, 0) is 9.63 Å². The van der Waals surface area contributed by atoms with Gasteiger partial charge in [-0.1, -0.05) is 36.0 Å². The van der Waals surface area contributed by atoms with E-state index in [1.165, 1.54) is 12.2 Å². The van der Waals surface area contributed by atoms with Crippen molar-refractivity contribution in [3.63, 3.8) is 0 Å². The molecule has 0 atom stereocenters. The van der Waals surface area contributed by atoms with Gasteiger partial charge in [-0.15, -0.1) is 0 Å². The van der Waals surface area contributed by atoms with Gasteiger partial charge in [-0.3, -0.25) is 9.63 Å². The molecule has 0 radical (unpaired) electrons. The van der Waals surface area contributed by atoms with Crippen molar-refractivity contribution in [3.05, 3.63) is 48.5 Å². The number of amides is 1. The number of carbonyl (C=O) groups is 1. The van der Waals surface area contributed by atoms with Gasteiger partial charge >= 0.3 is 0 Å². The normalized spacial score (nSPS) is 12.6. The smallest absolute Gasteiger partial charge is 0.265 e. The molecule has 0 N–H and O–H groups in total. The number of hydroxylamine groups is 2. The van der Waals surface area contributed by atoms with E-state index in [1.807, 2.05) is 41.3 Å². The van der Waals surface area contributed by atoms with Gasteiger partial charge in [-0.2, -0.15) is 0 Å². The van der Waals surface area contributed by atoms with E-state index in [9.17, 15) is 4.79 Å². The molecule has 0 saturated heterocycles. The molecule has 1 heterocycles. The molecule has 0 aromatic heterocycles. The lowest BCUT2D eigenvalue weighted by Crippen LogP contribution is -2.36. The lowest BCUT2D eigenvalue weighted by atomic mass is 10.2. The van der Waals surface area contributed by atoms with Crippen LogP contribution in [0.4, 0.5) is 11.4 Å². The Morgan fingerprint density at radius 2 is 1.62 bits per heavy atom. The molecule has 108 valence electrons. The Morgan fingerprint density at radius 1 is 1.10 bits per heavy atom. The molecule has 1 aliphatic heterocycles. The number of nitrogens with zero attached hydrogens (tertiary/aromatic N) is 2. The fourth-order valence-corrected chi connectivity index (χ4v) is 3.38. The second-order valence-corrected chi connectivity index (χ2v) is 5.78. The summed E-state index contributed by atoms with van der Waals surface area (Å²) in [6, 6.07) is 16.2. The predicted octanol–water partition coefficient (Wildman–Crippen LogP) is 3.31. The molecular formula is C16H16N2O2S. The number of fused-ring (bicyclic) bond motifs is 2. The largest absolute Gasteiger partial charge is 0.330 e. The number of para-hydroxylation sites is 2. The maximum absolute atomic E-state index is 12.2. The van der Waals surface area contributed by atoms with Crippen LogP contribution in [-0.4, -0.2) is 31.7 Å². The quantitative estimate of drug-likeness (QED) is 0.814. The van der Waals surface area contributed by atoms with E-state index in [0.717, 1.165) is 21.2 Å². The van der Waals surface area contributed by atoms with Crippen LogP contribution in [0.5, 0.6) is 0 Å². The van der Waals surface area contributed by atoms with Crippen molar-refractivity contribution < 1.29 is 9.63 Å². The SMILES string of the molecule is CON(C)C(=O)CN1c2ccccc2Sc2ccccc21. The Hall–Kier alpha value is -1.98. The van der Waals surface area contributed by atoms with Crippen molar-refractivity contribution in [1.82, 2.24) is 5.06 Å². The monoisotopic (exact) mass is 300 g/mol. The Balaban J connectivity index is 2.01. The topological polar surface area (TPSA) is 32.8 Å². The molecular weight excluding hydrogens is 284 g/mol. The van der Waals surface area contributed by atoms with Crippen LogP contribution in [0.1, 0.15) is 0 Å². The van der Waals surface area contributed by atoms with Gasteiger partial charge in [0.15, 0.2) is 0 Å². The van der Waals surface area contributed by atoms with E-state index in [1.54, 1.807) is 18.8 Å². The van der Waals surface area contributed by atoms with Crippen molar-refractivity contribution >= 4 is 29.0 Å². The fourth-order valence-electron chi connectivity index (χ4n) is 2.29. The van der Waals surface area contributed by atoms with Gasteiger partial charge in [0.2, 0.25) is 0 Å². The molecule has 0 aliphatic carbocycles. The van der Waals surface area contributed by atoms with E-state index in [-0.39, 0.29) is 12.5 Å². The Bertz CT molecular complexity index is 629. The molecule has 2 aromatic rings. The van der Waals surface area contributed by atoms with Gasteiger partial charge in [0.25, 0.3) is 5.91 Å². The number of anilines is 2. The third-order valence-electron chi connectivity index (χ3n) is 3.45. The van der Waals surface area contributed by atoms with Gasteiger partial charge in [0.1, 0.15) is 6.54 Å². The van der Waals surface area contributed by atoms with Crippen molar-refractivity contribution in [2.75, 3.05) is 25.6 Å². The van der Waals surface area contributed by atoms with E-state index >= 15 is 0 Å². The first kappa shape index (κ1) is 14.0. The molecule has 2 aromatic carbocycles. The van der Waals surface area contributed by atoms with E-state index in [4.69, 9.17) is 4.84 Å². The summed E-state index contributed by atoms with van der Waals surface area (Å²) in [4.78, 5) is 21.5. The summed E-state index contributed by atoms with van der Waals surface area (Å²) in [6.07, 6.45) is 0. The summed E-state index contributed by atoms with van der Waals surface area (Å²) < 4.78 is 0. The molecule has 0 bridgehead atoms. The highest BCUT2D eigenvalue weighted by atomic mass is 32.2. The van der Waals surface area contributed by atoms with Crippen molar-refractivity contribution in [2.24, 2.45) is 0 Å². The maximum Gasteiger partial charge on any atom is 0.265 e. The Kier molecular flexibility index (Phi) is 3.86. The van der Waals surface area contributed by atoms with Crippen molar-refractivity contribution in [1.29, 1.82) is 0 Å². The van der Waals surface area contributed by atoms with Crippen LogP contribution in [0, 0.1) is 0 Å². The van der Waals surface area contributed by atoms with Crippen LogP contribution >= 0.6 is 11.8 Å². The summed E-state index contributed by atoms with van der Waals surface area (Å²) in [5.41, 5.74) is 2.11. The van der Waals surface area contributed by atoms with Gasteiger partial charge in [0.05, 0.1) is 18.5 Å². The molecule has 4 nitrogen and oxygen atoms in total. The van der Waals surface area contributed by atoms with Crippen LogP contribution in [0.15, 0.2) is 58.3 Å². The highest BCUT2D eigenvalue weighted by molar-refractivity contribution is 7.99. The zero-order valence-corrected chi connectivity index (χ0v) is 12.8. The average molecular weight is 300 g/mol. The summed E-state index contributed by atoms with van der Waals surface area (Å²) >= 11 is 1.73. The summed E-state index contributed by atoms with van der Waals surface area (Å²) in [6.45, 7) is 0.249. The lowest BCUT2D eigenvalue weighted by molar-refractivity contribution is -0.166. The molecule has 0 saturated carbocycles. The second-order valence-electron chi connectivity index (χ2n) is 4.70. The number of rotatable bonds is 3. The van der Waals surface area contributed by atoms with Crippen molar-refractivity contribution in [2.45, 2.75) is 9.79 Å². The fraction of sp³-hybridized carbons (Fsp3) is 0.188. The second kappa shape index (κ2) is 5.79. The molecule has 0 fully saturated rings. The third kappa shape index (κ3) is 2.62. The van der Waals surface area contributed by atoms with E-state index in [0.29, 0.717) is 0 Å². The number of hydrogen-bond acceptors (Lipinski definition) is 4. The first-order chi connectivity index (χ1) is 10.2. The Labute approximate surface area is 128 Å².